The summed E-state index contributed by atoms with van der Waals surface area (Å²) in [6.07, 6.45) is 1.18. The number of aromatic nitrogens is 1. The fraction of sp³-hybridized carbons (Fsp3) is 0.583. The number of pyridine rings is 1. The molecular formula is C12H17ClN2OS. The van der Waals surface area contributed by atoms with Crippen molar-refractivity contribution >= 4 is 23.4 Å². The van der Waals surface area contributed by atoms with E-state index in [1.54, 1.807) is 17.8 Å². The van der Waals surface area contributed by atoms with Gasteiger partial charge in [-0.15, -0.1) is 11.8 Å². The Kier molecular flexibility index (Phi) is 5.58. The maximum absolute atomic E-state index is 5.83. The lowest BCUT2D eigenvalue weighted by Crippen LogP contribution is -2.36. The van der Waals surface area contributed by atoms with E-state index in [1.807, 2.05) is 12.1 Å². The summed E-state index contributed by atoms with van der Waals surface area (Å²) in [6, 6.07) is 5.75. The van der Waals surface area contributed by atoms with E-state index in [-0.39, 0.29) is 0 Å². The van der Waals surface area contributed by atoms with Gasteiger partial charge >= 0.3 is 0 Å². The van der Waals surface area contributed by atoms with Crippen LogP contribution in [0.3, 0.4) is 0 Å². The normalized spacial score (nSPS) is 17.2. The van der Waals surface area contributed by atoms with Gasteiger partial charge in [-0.25, -0.2) is 4.98 Å². The first-order valence-electron chi connectivity index (χ1n) is 5.90. The predicted molar refractivity (Wildman–Crippen MR) is 71.8 cm³/mol. The summed E-state index contributed by atoms with van der Waals surface area (Å²) < 4.78 is 5.32. The lowest BCUT2D eigenvalue weighted by molar-refractivity contribution is 0.0381. The Morgan fingerprint density at radius 3 is 2.94 bits per heavy atom. The van der Waals surface area contributed by atoms with Crippen molar-refractivity contribution in [2.75, 3.05) is 38.6 Å². The molecular weight excluding hydrogens is 256 g/mol. The molecule has 3 nitrogen and oxygen atoms in total. The van der Waals surface area contributed by atoms with Crippen LogP contribution in [-0.2, 0) is 4.74 Å². The van der Waals surface area contributed by atoms with Gasteiger partial charge in [0, 0.05) is 18.8 Å². The summed E-state index contributed by atoms with van der Waals surface area (Å²) in [4.78, 5) is 6.71. The van der Waals surface area contributed by atoms with Crippen LogP contribution in [0.4, 0.5) is 0 Å². The van der Waals surface area contributed by atoms with Crippen LogP contribution in [0.15, 0.2) is 23.2 Å². The topological polar surface area (TPSA) is 25.4 Å². The molecule has 1 fully saturated rings. The van der Waals surface area contributed by atoms with Crippen LogP contribution in [-0.4, -0.2) is 48.5 Å². The van der Waals surface area contributed by atoms with Crippen molar-refractivity contribution in [3.8, 4) is 0 Å². The molecule has 1 aromatic rings. The third-order valence-electron chi connectivity index (χ3n) is 2.66. The van der Waals surface area contributed by atoms with Gasteiger partial charge in [-0.3, -0.25) is 4.90 Å². The van der Waals surface area contributed by atoms with Crippen molar-refractivity contribution in [1.82, 2.24) is 9.88 Å². The third kappa shape index (κ3) is 4.84. The third-order valence-corrected chi connectivity index (χ3v) is 3.89. The Morgan fingerprint density at radius 2 is 2.18 bits per heavy atom. The molecule has 1 aliphatic rings. The smallest absolute Gasteiger partial charge is 0.130 e. The molecule has 0 radical (unpaired) electrons. The van der Waals surface area contributed by atoms with Crippen LogP contribution in [0.2, 0.25) is 5.15 Å². The van der Waals surface area contributed by atoms with E-state index in [4.69, 9.17) is 16.3 Å². The van der Waals surface area contributed by atoms with Crippen molar-refractivity contribution in [3.63, 3.8) is 0 Å². The standard InChI is InChI=1S/C12H17ClN2OS/c13-11-3-1-4-12(14-11)17-10-2-5-15-6-8-16-9-7-15/h1,3-4H,2,5-10H2. The Hall–Kier alpha value is -0.290. The van der Waals surface area contributed by atoms with E-state index in [1.165, 1.54) is 6.42 Å². The van der Waals surface area contributed by atoms with Gasteiger partial charge in [0.05, 0.1) is 18.2 Å². The zero-order chi connectivity index (χ0) is 11.9. The molecule has 0 aromatic carbocycles. The fourth-order valence-electron chi connectivity index (χ4n) is 1.76. The zero-order valence-corrected chi connectivity index (χ0v) is 11.3. The number of nitrogens with zero attached hydrogens (tertiary/aromatic N) is 2. The van der Waals surface area contributed by atoms with Gasteiger partial charge < -0.3 is 4.74 Å². The van der Waals surface area contributed by atoms with Gasteiger partial charge in [0.1, 0.15) is 5.15 Å². The van der Waals surface area contributed by atoms with Crippen LogP contribution in [0, 0.1) is 0 Å². The summed E-state index contributed by atoms with van der Waals surface area (Å²) in [7, 11) is 0. The van der Waals surface area contributed by atoms with E-state index >= 15 is 0 Å². The highest BCUT2D eigenvalue weighted by Gasteiger charge is 2.09. The van der Waals surface area contributed by atoms with Crippen molar-refractivity contribution in [2.45, 2.75) is 11.4 Å². The number of morpholine rings is 1. The van der Waals surface area contributed by atoms with Gasteiger partial charge in [-0.1, -0.05) is 17.7 Å². The van der Waals surface area contributed by atoms with E-state index in [0.717, 1.165) is 43.6 Å². The average Bonchev–Trinajstić information content (AvgIpc) is 2.36. The summed E-state index contributed by atoms with van der Waals surface area (Å²) in [6.45, 7) is 5.04. The molecule has 94 valence electrons. The van der Waals surface area contributed by atoms with Gasteiger partial charge in [-0.2, -0.15) is 0 Å². The second kappa shape index (κ2) is 7.21. The van der Waals surface area contributed by atoms with Crippen LogP contribution in [0.1, 0.15) is 6.42 Å². The highest BCUT2D eigenvalue weighted by Crippen LogP contribution is 2.18. The highest BCUT2D eigenvalue weighted by molar-refractivity contribution is 7.99. The summed E-state index contributed by atoms with van der Waals surface area (Å²) >= 11 is 7.60. The van der Waals surface area contributed by atoms with Crippen molar-refractivity contribution in [1.29, 1.82) is 0 Å². The maximum atomic E-state index is 5.83. The molecule has 1 saturated heterocycles. The van der Waals surface area contributed by atoms with Crippen molar-refractivity contribution in [2.24, 2.45) is 0 Å². The van der Waals surface area contributed by atoms with E-state index < -0.39 is 0 Å². The summed E-state index contributed by atoms with van der Waals surface area (Å²) in [5.74, 6) is 1.09. The molecule has 1 aromatic heterocycles. The number of ether oxygens (including phenoxy) is 1. The molecule has 0 bridgehead atoms. The molecule has 0 N–H and O–H groups in total. The minimum absolute atomic E-state index is 0.572. The van der Waals surface area contributed by atoms with Crippen LogP contribution >= 0.6 is 23.4 Å². The quantitative estimate of drug-likeness (QED) is 0.467. The highest BCUT2D eigenvalue weighted by atomic mass is 35.5. The molecule has 0 aliphatic carbocycles. The number of halogens is 1. The number of hydrogen-bond donors (Lipinski definition) is 0. The molecule has 0 saturated carbocycles. The second-order valence-corrected chi connectivity index (χ2v) is 5.46. The van der Waals surface area contributed by atoms with Gasteiger partial charge in [0.2, 0.25) is 0 Å². The van der Waals surface area contributed by atoms with Gasteiger partial charge in [0.15, 0.2) is 0 Å². The van der Waals surface area contributed by atoms with Crippen LogP contribution < -0.4 is 0 Å². The van der Waals surface area contributed by atoms with E-state index in [0.29, 0.717) is 5.15 Å². The van der Waals surface area contributed by atoms with Gasteiger partial charge in [0.25, 0.3) is 0 Å². The van der Waals surface area contributed by atoms with Crippen molar-refractivity contribution < 1.29 is 4.74 Å². The maximum Gasteiger partial charge on any atom is 0.130 e. The molecule has 0 unspecified atom stereocenters. The Labute approximate surface area is 111 Å². The van der Waals surface area contributed by atoms with Crippen LogP contribution in [0.25, 0.3) is 0 Å². The minimum atomic E-state index is 0.572. The predicted octanol–water partition coefficient (Wildman–Crippen LogP) is 2.55. The van der Waals surface area contributed by atoms with Crippen LogP contribution in [0.5, 0.6) is 0 Å². The Bertz CT molecular complexity index is 345. The lowest BCUT2D eigenvalue weighted by Gasteiger charge is -2.26. The monoisotopic (exact) mass is 272 g/mol. The molecule has 5 heteroatoms. The first-order valence-corrected chi connectivity index (χ1v) is 7.26. The zero-order valence-electron chi connectivity index (χ0n) is 9.77. The number of thioether (sulfide) groups is 1. The van der Waals surface area contributed by atoms with E-state index in [9.17, 15) is 0 Å². The van der Waals surface area contributed by atoms with E-state index in [2.05, 4.69) is 9.88 Å². The van der Waals surface area contributed by atoms with Crippen molar-refractivity contribution in [3.05, 3.63) is 23.4 Å². The molecule has 0 spiro atoms. The molecule has 2 rings (SSSR count). The molecule has 17 heavy (non-hydrogen) atoms. The largest absolute Gasteiger partial charge is 0.379 e. The molecule has 1 aliphatic heterocycles. The van der Waals surface area contributed by atoms with Gasteiger partial charge in [-0.05, 0) is 25.1 Å². The summed E-state index contributed by atoms with van der Waals surface area (Å²) in [5.41, 5.74) is 0. The fourth-order valence-corrected chi connectivity index (χ4v) is 2.79. The Balaban J connectivity index is 1.62. The molecule has 0 amide bonds. The molecule has 2 heterocycles. The Morgan fingerprint density at radius 1 is 1.35 bits per heavy atom. The summed E-state index contributed by atoms with van der Waals surface area (Å²) in [5, 5.41) is 1.59. The average molecular weight is 273 g/mol. The SMILES string of the molecule is Clc1cccc(SCCCN2CCOCC2)n1. The second-order valence-electron chi connectivity index (χ2n) is 3.95. The number of hydrogen-bond acceptors (Lipinski definition) is 4. The lowest BCUT2D eigenvalue weighted by atomic mass is 10.4. The minimum Gasteiger partial charge on any atom is -0.379 e. The first kappa shape index (κ1) is 13.1. The number of rotatable bonds is 5. The molecule has 0 atom stereocenters. The first-order chi connectivity index (χ1) is 8.34.